The second-order valence-corrected chi connectivity index (χ2v) is 6.93. The molecule has 0 bridgehead atoms. The lowest BCUT2D eigenvalue weighted by atomic mass is 9.73. The zero-order valence-corrected chi connectivity index (χ0v) is 15.0. The molecule has 1 aliphatic carbocycles. The van der Waals surface area contributed by atoms with E-state index in [1.165, 1.54) is 7.05 Å². The number of nitrogens with zero attached hydrogens (tertiary/aromatic N) is 2. The highest BCUT2D eigenvalue weighted by atomic mass is 16.2. The maximum Gasteiger partial charge on any atom is 0.333 e. The van der Waals surface area contributed by atoms with E-state index in [2.05, 4.69) is 0 Å². The van der Waals surface area contributed by atoms with E-state index in [4.69, 9.17) is 0 Å². The second kappa shape index (κ2) is 6.86. The summed E-state index contributed by atoms with van der Waals surface area (Å²) in [5, 5.41) is 0. The molecule has 0 unspecified atom stereocenters. The predicted octanol–water partition coefficient (Wildman–Crippen LogP) is 2.80. The van der Waals surface area contributed by atoms with Gasteiger partial charge in [-0.1, -0.05) is 36.4 Å². The molecular formula is C20H22N2O4. The molecule has 1 heterocycles. The largest absolute Gasteiger partial charge is 0.333 e. The van der Waals surface area contributed by atoms with Gasteiger partial charge in [-0.15, -0.1) is 0 Å². The third kappa shape index (κ3) is 2.85. The molecule has 3 rings (SSSR count). The molecule has 1 aliphatic heterocycles. The van der Waals surface area contributed by atoms with E-state index in [1.807, 2.05) is 6.08 Å². The van der Waals surface area contributed by atoms with Gasteiger partial charge in [-0.3, -0.25) is 24.2 Å². The van der Waals surface area contributed by atoms with Gasteiger partial charge < -0.3 is 0 Å². The Kier molecular flexibility index (Phi) is 4.76. The second-order valence-electron chi connectivity index (χ2n) is 6.93. The van der Waals surface area contributed by atoms with Crippen molar-refractivity contribution < 1.29 is 19.2 Å². The van der Waals surface area contributed by atoms with Gasteiger partial charge in [0.15, 0.2) is 5.78 Å². The minimum Gasteiger partial charge on any atom is -0.292 e. The molecule has 1 aromatic rings. The summed E-state index contributed by atoms with van der Waals surface area (Å²) in [5.74, 6) is -1.47. The highest BCUT2D eigenvalue weighted by Crippen LogP contribution is 2.40. The maximum atomic E-state index is 13.1. The highest BCUT2D eigenvalue weighted by Gasteiger charge is 2.55. The van der Waals surface area contributed by atoms with Crippen LogP contribution < -0.4 is 0 Å². The summed E-state index contributed by atoms with van der Waals surface area (Å²) in [6.45, 7) is 1.19. The zero-order valence-electron chi connectivity index (χ0n) is 15.0. The molecule has 136 valence electrons. The summed E-state index contributed by atoms with van der Waals surface area (Å²) in [4.78, 5) is 52.8. The average Bonchev–Trinajstić information content (AvgIpc) is 2.69. The highest BCUT2D eigenvalue weighted by molar-refractivity contribution is 6.21. The molecule has 0 radical (unpaired) electrons. The van der Waals surface area contributed by atoms with Gasteiger partial charge in [-0.05, 0) is 38.2 Å². The summed E-state index contributed by atoms with van der Waals surface area (Å²) in [7, 11) is 1.36. The number of allylic oxidation sites excluding steroid dienone is 1. The third-order valence-corrected chi connectivity index (χ3v) is 5.25. The van der Waals surface area contributed by atoms with Gasteiger partial charge in [0, 0.05) is 12.6 Å². The van der Waals surface area contributed by atoms with Crippen LogP contribution in [-0.2, 0) is 9.59 Å². The van der Waals surface area contributed by atoms with E-state index in [1.54, 1.807) is 37.3 Å². The molecule has 0 saturated carbocycles. The number of rotatable bonds is 4. The lowest BCUT2D eigenvalue weighted by Crippen LogP contribution is -2.64. The molecule has 0 aromatic heterocycles. The van der Waals surface area contributed by atoms with Gasteiger partial charge in [0.1, 0.15) is 5.41 Å². The predicted molar refractivity (Wildman–Crippen MR) is 95.3 cm³/mol. The van der Waals surface area contributed by atoms with Crippen molar-refractivity contribution in [2.75, 3.05) is 13.6 Å². The SMILES string of the molecule is CN1C(=O)N(CC(=O)c2ccccc2)C(=O)[C@@](C)(C2=CCCCC2)C1=O. The van der Waals surface area contributed by atoms with Crippen LogP contribution in [-0.4, -0.2) is 47.0 Å². The minimum absolute atomic E-state index is 0.338. The summed E-state index contributed by atoms with van der Waals surface area (Å²) in [6.07, 6.45) is 5.32. The van der Waals surface area contributed by atoms with Crippen molar-refractivity contribution in [1.82, 2.24) is 9.80 Å². The first-order chi connectivity index (χ1) is 12.4. The summed E-state index contributed by atoms with van der Waals surface area (Å²) < 4.78 is 0. The fraction of sp³-hybridized carbons (Fsp3) is 0.400. The first-order valence-corrected chi connectivity index (χ1v) is 8.79. The number of ketones is 1. The quantitative estimate of drug-likeness (QED) is 0.473. The summed E-state index contributed by atoms with van der Waals surface area (Å²) >= 11 is 0. The smallest absolute Gasteiger partial charge is 0.292 e. The number of carbonyl (C=O) groups excluding carboxylic acids is 4. The van der Waals surface area contributed by atoms with E-state index in [0.29, 0.717) is 12.0 Å². The van der Waals surface area contributed by atoms with Crippen LogP contribution in [0.2, 0.25) is 0 Å². The van der Waals surface area contributed by atoms with Crippen LogP contribution in [0.3, 0.4) is 0 Å². The number of hydrogen-bond acceptors (Lipinski definition) is 4. The van der Waals surface area contributed by atoms with Crippen molar-refractivity contribution >= 4 is 23.6 Å². The van der Waals surface area contributed by atoms with Crippen LogP contribution in [0.25, 0.3) is 0 Å². The Morgan fingerprint density at radius 1 is 1.08 bits per heavy atom. The number of benzene rings is 1. The van der Waals surface area contributed by atoms with Crippen LogP contribution >= 0.6 is 0 Å². The Labute approximate surface area is 152 Å². The standard InChI is InChI=1S/C20H22N2O4/c1-20(15-11-7-4-8-12-15)17(24)21(2)19(26)22(18(20)25)13-16(23)14-9-5-3-6-10-14/h3,5-6,9-11H,4,7-8,12-13H2,1-2H3/t20-/m0/s1. The molecule has 26 heavy (non-hydrogen) atoms. The molecule has 1 aromatic carbocycles. The van der Waals surface area contributed by atoms with Crippen molar-refractivity contribution in [3.05, 3.63) is 47.5 Å². The molecule has 6 heteroatoms. The molecular weight excluding hydrogens is 332 g/mol. The number of barbiturate groups is 1. The van der Waals surface area contributed by atoms with E-state index in [-0.39, 0.29) is 12.3 Å². The molecule has 2 aliphatic rings. The number of imide groups is 2. The maximum absolute atomic E-state index is 13.1. The van der Waals surface area contributed by atoms with Crippen LogP contribution in [0.1, 0.15) is 43.0 Å². The van der Waals surface area contributed by atoms with Gasteiger partial charge in [-0.25, -0.2) is 4.79 Å². The van der Waals surface area contributed by atoms with Crippen LogP contribution in [0.15, 0.2) is 42.0 Å². The number of Topliss-reactive ketones (excluding diaryl/α,β-unsaturated/α-hetero) is 1. The topological polar surface area (TPSA) is 74.8 Å². The lowest BCUT2D eigenvalue weighted by molar-refractivity contribution is -0.153. The Balaban J connectivity index is 1.93. The van der Waals surface area contributed by atoms with E-state index >= 15 is 0 Å². The third-order valence-electron chi connectivity index (χ3n) is 5.25. The van der Waals surface area contributed by atoms with Crippen LogP contribution in [0.4, 0.5) is 4.79 Å². The van der Waals surface area contributed by atoms with Gasteiger partial charge in [0.25, 0.3) is 5.91 Å². The molecule has 0 spiro atoms. The summed E-state index contributed by atoms with van der Waals surface area (Å²) in [6, 6.07) is 7.75. The Hall–Kier alpha value is -2.76. The Bertz CT molecular complexity index is 799. The first kappa shape index (κ1) is 18.0. The van der Waals surface area contributed by atoms with Gasteiger partial charge in [-0.2, -0.15) is 0 Å². The Morgan fingerprint density at radius 3 is 2.38 bits per heavy atom. The summed E-state index contributed by atoms with van der Waals surface area (Å²) in [5.41, 5.74) is -0.249. The van der Waals surface area contributed by atoms with E-state index in [9.17, 15) is 19.2 Å². The molecule has 0 N–H and O–H groups in total. The first-order valence-electron chi connectivity index (χ1n) is 8.79. The van der Waals surface area contributed by atoms with Gasteiger partial charge >= 0.3 is 6.03 Å². The van der Waals surface area contributed by atoms with Crippen LogP contribution in [0.5, 0.6) is 0 Å². The molecule has 4 amide bonds. The fourth-order valence-electron chi connectivity index (χ4n) is 3.62. The van der Waals surface area contributed by atoms with Gasteiger partial charge in [0.05, 0.1) is 6.54 Å². The van der Waals surface area contributed by atoms with Crippen LogP contribution in [0, 0.1) is 5.41 Å². The van der Waals surface area contributed by atoms with Crippen molar-refractivity contribution in [2.45, 2.75) is 32.6 Å². The number of carbonyl (C=O) groups is 4. The van der Waals surface area contributed by atoms with Crippen molar-refractivity contribution in [3.63, 3.8) is 0 Å². The minimum atomic E-state index is -1.42. The van der Waals surface area contributed by atoms with Crippen molar-refractivity contribution in [1.29, 1.82) is 0 Å². The monoisotopic (exact) mass is 354 g/mol. The molecule has 6 nitrogen and oxygen atoms in total. The normalized spacial score (nSPS) is 23.9. The zero-order chi connectivity index (χ0) is 18.9. The molecule has 1 atom stereocenters. The number of amides is 4. The fourth-order valence-corrected chi connectivity index (χ4v) is 3.62. The van der Waals surface area contributed by atoms with Crippen molar-refractivity contribution in [2.24, 2.45) is 5.41 Å². The van der Waals surface area contributed by atoms with E-state index < -0.39 is 23.3 Å². The van der Waals surface area contributed by atoms with Gasteiger partial charge in [0.2, 0.25) is 5.91 Å². The Morgan fingerprint density at radius 2 is 1.77 bits per heavy atom. The number of urea groups is 1. The van der Waals surface area contributed by atoms with Crippen molar-refractivity contribution in [3.8, 4) is 0 Å². The lowest BCUT2D eigenvalue weighted by Gasteiger charge is -2.42. The number of hydrogen-bond donors (Lipinski definition) is 0. The average molecular weight is 354 g/mol. The van der Waals surface area contributed by atoms with E-state index in [0.717, 1.165) is 34.6 Å². The molecule has 1 saturated heterocycles. The molecule has 1 fully saturated rings.